The van der Waals surface area contributed by atoms with Crippen molar-refractivity contribution in [2.75, 3.05) is 7.05 Å². The summed E-state index contributed by atoms with van der Waals surface area (Å²) in [6.07, 6.45) is -0.190. The van der Waals surface area contributed by atoms with Crippen LogP contribution in [0.1, 0.15) is 16.5 Å². The first-order chi connectivity index (χ1) is 9.79. The number of aromatic nitrogens is 3. The van der Waals surface area contributed by atoms with Gasteiger partial charge in [-0.3, -0.25) is 9.89 Å². The van der Waals surface area contributed by atoms with Crippen LogP contribution in [0.25, 0.3) is 0 Å². The van der Waals surface area contributed by atoms with Crippen molar-refractivity contribution in [3.8, 4) is 0 Å². The maximum absolute atomic E-state index is 12.4. The SMILES string of the molecule is Cc1nc(CN(C)S(=O)(=O)c2ccc(CC(=O)O)s2)n[nH]1. The van der Waals surface area contributed by atoms with E-state index in [0.29, 0.717) is 16.5 Å². The molecule has 0 aliphatic rings. The molecule has 2 aromatic rings. The lowest BCUT2D eigenvalue weighted by Crippen LogP contribution is -2.26. The maximum Gasteiger partial charge on any atom is 0.308 e. The maximum atomic E-state index is 12.4. The Hall–Kier alpha value is -1.78. The number of aliphatic carboxylic acids is 1. The molecule has 8 nitrogen and oxygen atoms in total. The molecule has 0 saturated heterocycles. The molecule has 0 aliphatic heterocycles. The molecule has 114 valence electrons. The summed E-state index contributed by atoms with van der Waals surface area (Å²) in [5, 5.41) is 15.2. The first kappa shape index (κ1) is 15.6. The van der Waals surface area contributed by atoms with Crippen LogP contribution in [0.15, 0.2) is 16.3 Å². The van der Waals surface area contributed by atoms with Gasteiger partial charge in [-0.15, -0.1) is 11.3 Å². The number of sulfonamides is 1. The molecule has 0 unspecified atom stereocenters. The molecule has 2 rings (SSSR count). The molecular formula is C11H14N4O4S2. The zero-order chi connectivity index (χ0) is 15.6. The molecule has 2 N–H and O–H groups in total. The third-order valence-electron chi connectivity index (χ3n) is 2.63. The second kappa shape index (κ2) is 5.92. The number of rotatable bonds is 6. The number of nitrogens with zero attached hydrogens (tertiary/aromatic N) is 3. The Morgan fingerprint density at radius 1 is 1.48 bits per heavy atom. The number of aromatic amines is 1. The molecule has 0 atom stereocenters. The highest BCUT2D eigenvalue weighted by Gasteiger charge is 2.24. The van der Waals surface area contributed by atoms with Gasteiger partial charge in [-0.2, -0.15) is 9.40 Å². The van der Waals surface area contributed by atoms with Gasteiger partial charge in [0, 0.05) is 11.9 Å². The zero-order valence-electron chi connectivity index (χ0n) is 11.4. The Kier molecular flexibility index (Phi) is 4.40. The molecule has 0 fully saturated rings. The van der Waals surface area contributed by atoms with E-state index in [9.17, 15) is 13.2 Å². The van der Waals surface area contributed by atoms with E-state index in [1.54, 1.807) is 6.92 Å². The van der Waals surface area contributed by atoms with Crippen molar-refractivity contribution in [1.82, 2.24) is 19.5 Å². The number of H-pyrrole nitrogens is 1. The van der Waals surface area contributed by atoms with Gasteiger partial charge >= 0.3 is 5.97 Å². The summed E-state index contributed by atoms with van der Waals surface area (Å²) < 4.78 is 26.0. The van der Waals surface area contributed by atoms with Crippen molar-refractivity contribution in [2.45, 2.75) is 24.1 Å². The Morgan fingerprint density at radius 3 is 2.76 bits per heavy atom. The fourth-order valence-electron chi connectivity index (χ4n) is 1.64. The molecule has 2 heterocycles. The van der Waals surface area contributed by atoms with E-state index in [4.69, 9.17) is 5.11 Å². The second-order valence-corrected chi connectivity index (χ2v) is 7.83. The van der Waals surface area contributed by atoms with Crippen molar-refractivity contribution >= 4 is 27.3 Å². The number of hydrogen-bond donors (Lipinski definition) is 2. The van der Waals surface area contributed by atoms with Crippen LogP contribution in [0.3, 0.4) is 0 Å². The number of carboxylic acids is 1. The number of hydrogen-bond acceptors (Lipinski definition) is 6. The average Bonchev–Trinajstić information content (AvgIpc) is 2.98. The normalized spacial score (nSPS) is 12.0. The van der Waals surface area contributed by atoms with Crippen LogP contribution in [0.2, 0.25) is 0 Å². The minimum atomic E-state index is -3.68. The molecule has 0 aliphatic carbocycles. The van der Waals surface area contributed by atoms with Gasteiger partial charge in [0.2, 0.25) is 0 Å². The van der Waals surface area contributed by atoms with Crippen molar-refractivity contribution in [2.24, 2.45) is 0 Å². The van der Waals surface area contributed by atoms with Gasteiger partial charge in [-0.1, -0.05) is 0 Å². The molecule has 0 bridgehead atoms. The van der Waals surface area contributed by atoms with E-state index < -0.39 is 16.0 Å². The highest BCUT2D eigenvalue weighted by molar-refractivity contribution is 7.91. The van der Waals surface area contributed by atoms with E-state index in [-0.39, 0.29) is 17.2 Å². The predicted octanol–water partition coefficient (Wildman–Crippen LogP) is 0.622. The highest BCUT2D eigenvalue weighted by atomic mass is 32.2. The topological polar surface area (TPSA) is 116 Å². The van der Waals surface area contributed by atoms with Crippen molar-refractivity contribution < 1.29 is 18.3 Å². The Balaban J connectivity index is 2.16. The quantitative estimate of drug-likeness (QED) is 0.802. The van der Waals surface area contributed by atoms with Crippen LogP contribution in [0.5, 0.6) is 0 Å². The first-order valence-corrected chi connectivity index (χ1v) is 8.19. The lowest BCUT2D eigenvalue weighted by Gasteiger charge is -2.13. The van der Waals surface area contributed by atoms with E-state index in [1.807, 2.05) is 0 Å². The van der Waals surface area contributed by atoms with E-state index in [2.05, 4.69) is 15.2 Å². The van der Waals surface area contributed by atoms with Gasteiger partial charge in [0.05, 0.1) is 13.0 Å². The van der Waals surface area contributed by atoms with Gasteiger partial charge in [0.25, 0.3) is 10.0 Å². The minimum Gasteiger partial charge on any atom is -0.481 e. The molecule has 0 radical (unpaired) electrons. The van der Waals surface area contributed by atoms with Crippen LogP contribution in [-0.2, 0) is 27.8 Å². The second-order valence-electron chi connectivity index (χ2n) is 4.39. The number of nitrogens with one attached hydrogen (secondary N) is 1. The molecular weight excluding hydrogens is 316 g/mol. The van der Waals surface area contributed by atoms with Crippen molar-refractivity contribution in [3.63, 3.8) is 0 Å². The third-order valence-corrected chi connectivity index (χ3v) is 5.99. The molecule has 10 heteroatoms. The third kappa shape index (κ3) is 3.65. The standard InChI is InChI=1S/C11H14N4O4S2/c1-7-12-9(14-13-7)6-15(2)21(18,19)11-4-3-8(20-11)5-10(16)17/h3-4H,5-6H2,1-2H3,(H,16,17)(H,12,13,14). The summed E-state index contributed by atoms with van der Waals surface area (Å²) >= 11 is 0.953. The monoisotopic (exact) mass is 330 g/mol. The Labute approximate surface area is 125 Å². The lowest BCUT2D eigenvalue weighted by molar-refractivity contribution is -0.136. The summed E-state index contributed by atoms with van der Waals surface area (Å²) in [5.41, 5.74) is 0. The number of carboxylic acid groups (broad SMARTS) is 1. The van der Waals surface area contributed by atoms with Crippen LogP contribution in [0.4, 0.5) is 0 Å². The Bertz CT molecular complexity index is 750. The highest BCUT2D eigenvalue weighted by Crippen LogP contribution is 2.25. The zero-order valence-corrected chi connectivity index (χ0v) is 13.0. The van der Waals surface area contributed by atoms with Gasteiger partial charge in [-0.05, 0) is 19.1 Å². The number of aryl methyl sites for hydroxylation is 1. The number of thiophene rings is 1. The molecule has 2 aromatic heterocycles. The van der Waals surface area contributed by atoms with Gasteiger partial charge in [0.1, 0.15) is 10.0 Å². The van der Waals surface area contributed by atoms with Gasteiger partial charge in [0.15, 0.2) is 5.82 Å². The molecule has 0 saturated carbocycles. The van der Waals surface area contributed by atoms with Crippen LogP contribution in [-0.4, -0.2) is 46.0 Å². The summed E-state index contributed by atoms with van der Waals surface area (Å²) in [4.78, 5) is 15.2. The fourth-order valence-corrected chi connectivity index (χ4v) is 4.32. The van der Waals surface area contributed by atoms with Crippen LogP contribution < -0.4 is 0 Å². The van der Waals surface area contributed by atoms with Crippen molar-refractivity contribution in [3.05, 3.63) is 28.7 Å². The minimum absolute atomic E-state index is 0.0405. The summed E-state index contributed by atoms with van der Waals surface area (Å²) in [7, 11) is -2.25. The van der Waals surface area contributed by atoms with E-state index in [1.165, 1.54) is 19.2 Å². The molecule has 0 spiro atoms. The first-order valence-electron chi connectivity index (χ1n) is 5.94. The summed E-state index contributed by atoms with van der Waals surface area (Å²) in [5.74, 6) is -0.0121. The van der Waals surface area contributed by atoms with E-state index in [0.717, 1.165) is 15.6 Å². The smallest absolute Gasteiger partial charge is 0.308 e. The van der Waals surface area contributed by atoms with Gasteiger partial charge < -0.3 is 5.11 Å². The largest absolute Gasteiger partial charge is 0.481 e. The van der Waals surface area contributed by atoms with E-state index >= 15 is 0 Å². The average molecular weight is 330 g/mol. The molecule has 21 heavy (non-hydrogen) atoms. The number of carbonyl (C=O) groups is 1. The fraction of sp³-hybridized carbons (Fsp3) is 0.364. The van der Waals surface area contributed by atoms with Crippen LogP contribution in [0, 0.1) is 6.92 Å². The van der Waals surface area contributed by atoms with Crippen LogP contribution >= 0.6 is 11.3 Å². The molecule has 0 aromatic carbocycles. The molecule has 0 amide bonds. The van der Waals surface area contributed by atoms with Crippen molar-refractivity contribution in [1.29, 1.82) is 0 Å². The summed E-state index contributed by atoms with van der Waals surface area (Å²) in [6.45, 7) is 1.77. The Morgan fingerprint density at radius 2 is 2.19 bits per heavy atom. The lowest BCUT2D eigenvalue weighted by atomic mass is 10.3. The summed E-state index contributed by atoms with van der Waals surface area (Å²) in [6, 6.07) is 2.93. The van der Waals surface area contributed by atoms with Gasteiger partial charge in [-0.25, -0.2) is 13.4 Å². The predicted molar refractivity (Wildman–Crippen MR) is 75.4 cm³/mol.